The van der Waals surface area contributed by atoms with Crippen molar-refractivity contribution in [3.63, 3.8) is 0 Å². The Morgan fingerprint density at radius 3 is 2.27 bits per heavy atom. The minimum absolute atomic E-state index is 0.0680. The molecule has 0 saturated heterocycles. The number of carbonyl (C=O) groups is 2. The number of benzene rings is 2. The van der Waals surface area contributed by atoms with Crippen LogP contribution in [0.2, 0.25) is 0 Å². The number of nitrogens with two attached hydrogens (primary N) is 1. The molecule has 0 saturated carbocycles. The Labute approximate surface area is 230 Å². The number of aromatic nitrogens is 4. The van der Waals surface area contributed by atoms with Crippen LogP contribution in [0.1, 0.15) is 41.2 Å². The fourth-order valence-corrected chi connectivity index (χ4v) is 4.48. The zero-order chi connectivity index (χ0) is 29.0. The van der Waals surface area contributed by atoms with E-state index in [1.54, 1.807) is 18.5 Å². The second-order valence-corrected chi connectivity index (χ2v) is 9.83. The largest absolute Gasteiger partial charge is 0.452 e. The normalized spacial score (nSPS) is 11.0. The van der Waals surface area contributed by atoms with Crippen molar-refractivity contribution in [3.8, 4) is 5.69 Å². The number of ether oxygens (including phenoxy) is 1. The van der Waals surface area contributed by atoms with Crippen LogP contribution in [0.25, 0.3) is 5.69 Å². The minimum atomic E-state index is -0.803. The van der Waals surface area contributed by atoms with Crippen LogP contribution < -0.4 is 21.9 Å². The van der Waals surface area contributed by atoms with Crippen LogP contribution in [0, 0.1) is 19.8 Å². The highest BCUT2D eigenvalue weighted by Gasteiger charge is 2.27. The van der Waals surface area contributed by atoms with Gasteiger partial charge in [-0.15, -0.1) is 0 Å². The SMILES string of the molecule is Cc1nn(-c2ccccc2)c(C)c1C(=O)OCC(=O)N(CC(C)C)c1c(N)n(Cc2ccccc2)c(=O)[nH]c1=O. The second kappa shape index (κ2) is 11.9. The van der Waals surface area contributed by atoms with E-state index in [1.807, 2.05) is 74.5 Å². The number of nitrogens with zero attached hydrogens (tertiary/aromatic N) is 4. The Hall–Kier alpha value is -4.93. The van der Waals surface area contributed by atoms with Crippen LogP contribution in [-0.2, 0) is 16.1 Å². The molecule has 11 nitrogen and oxygen atoms in total. The second-order valence-electron chi connectivity index (χ2n) is 9.83. The summed E-state index contributed by atoms with van der Waals surface area (Å²) in [6.45, 7) is 6.72. The summed E-state index contributed by atoms with van der Waals surface area (Å²) in [4.78, 5) is 55.4. The topological polar surface area (TPSA) is 145 Å². The van der Waals surface area contributed by atoms with Crippen molar-refractivity contribution in [2.24, 2.45) is 5.92 Å². The van der Waals surface area contributed by atoms with Gasteiger partial charge in [-0.3, -0.25) is 19.1 Å². The number of nitrogen functional groups attached to an aromatic ring is 1. The molecule has 0 radical (unpaired) electrons. The highest BCUT2D eigenvalue weighted by molar-refractivity contribution is 5.99. The van der Waals surface area contributed by atoms with E-state index < -0.39 is 29.7 Å². The van der Waals surface area contributed by atoms with E-state index in [1.165, 1.54) is 9.47 Å². The van der Waals surface area contributed by atoms with Gasteiger partial charge in [0.25, 0.3) is 11.5 Å². The summed E-state index contributed by atoms with van der Waals surface area (Å²) in [5, 5.41) is 4.45. The molecule has 208 valence electrons. The maximum Gasteiger partial charge on any atom is 0.342 e. The minimum Gasteiger partial charge on any atom is -0.452 e. The van der Waals surface area contributed by atoms with Gasteiger partial charge in [0.15, 0.2) is 12.3 Å². The monoisotopic (exact) mass is 544 g/mol. The molecule has 0 fully saturated rings. The maximum absolute atomic E-state index is 13.4. The number of carbonyl (C=O) groups excluding carboxylic acids is 2. The fraction of sp³-hybridized carbons (Fsp3) is 0.276. The van der Waals surface area contributed by atoms with Gasteiger partial charge in [0.2, 0.25) is 0 Å². The molecule has 2 aromatic heterocycles. The van der Waals surface area contributed by atoms with Gasteiger partial charge < -0.3 is 15.4 Å². The van der Waals surface area contributed by atoms with Gasteiger partial charge in [0.1, 0.15) is 11.4 Å². The maximum atomic E-state index is 13.4. The lowest BCUT2D eigenvalue weighted by atomic mass is 10.2. The predicted octanol–water partition coefficient (Wildman–Crippen LogP) is 2.82. The van der Waals surface area contributed by atoms with E-state index >= 15 is 0 Å². The Bertz CT molecular complexity index is 1640. The number of para-hydroxylation sites is 1. The van der Waals surface area contributed by atoms with E-state index in [0.717, 1.165) is 11.3 Å². The summed E-state index contributed by atoms with van der Waals surface area (Å²) in [5.41, 5.74) is 7.48. The van der Waals surface area contributed by atoms with Gasteiger partial charge in [-0.2, -0.15) is 5.10 Å². The third-order valence-corrected chi connectivity index (χ3v) is 6.34. The van der Waals surface area contributed by atoms with E-state index in [-0.39, 0.29) is 36.1 Å². The van der Waals surface area contributed by atoms with Crippen LogP contribution >= 0.6 is 0 Å². The number of amides is 1. The molecule has 2 heterocycles. The van der Waals surface area contributed by atoms with Crippen molar-refractivity contribution < 1.29 is 14.3 Å². The number of hydrogen-bond donors (Lipinski definition) is 2. The molecule has 0 aliphatic heterocycles. The van der Waals surface area contributed by atoms with Crippen molar-refractivity contribution in [2.75, 3.05) is 23.8 Å². The van der Waals surface area contributed by atoms with E-state index in [4.69, 9.17) is 10.5 Å². The molecule has 2 aromatic carbocycles. The molecular formula is C29H32N6O5. The van der Waals surface area contributed by atoms with Gasteiger partial charge in [0, 0.05) is 6.54 Å². The van der Waals surface area contributed by atoms with Crippen LogP contribution in [0.15, 0.2) is 70.3 Å². The van der Waals surface area contributed by atoms with Crippen molar-refractivity contribution in [3.05, 3.63) is 104 Å². The summed E-state index contributed by atoms with van der Waals surface area (Å²) in [7, 11) is 0. The van der Waals surface area contributed by atoms with Gasteiger partial charge in [0.05, 0.1) is 23.6 Å². The predicted molar refractivity (Wildman–Crippen MR) is 152 cm³/mol. The first-order valence-corrected chi connectivity index (χ1v) is 12.8. The molecule has 0 unspecified atom stereocenters. The Balaban J connectivity index is 1.61. The number of aromatic amines is 1. The van der Waals surface area contributed by atoms with Gasteiger partial charge in [-0.25, -0.2) is 14.3 Å². The molecule has 11 heteroatoms. The molecule has 1 amide bonds. The molecule has 4 aromatic rings. The summed E-state index contributed by atoms with van der Waals surface area (Å²) >= 11 is 0. The Kier molecular flexibility index (Phi) is 8.32. The molecule has 0 spiro atoms. The molecule has 40 heavy (non-hydrogen) atoms. The van der Waals surface area contributed by atoms with Gasteiger partial charge in [-0.1, -0.05) is 62.4 Å². The third kappa shape index (κ3) is 5.88. The zero-order valence-corrected chi connectivity index (χ0v) is 22.9. The van der Waals surface area contributed by atoms with Crippen LogP contribution in [0.3, 0.4) is 0 Å². The molecule has 0 aliphatic carbocycles. The number of rotatable bonds is 9. The summed E-state index contributed by atoms with van der Waals surface area (Å²) in [6, 6.07) is 18.4. The van der Waals surface area contributed by atoms with Gasteiger partial charge in [-0.05, 0) is 37.5 Å². The average Bonchev–Trinajstić information content (AvgIpc) is 3.23. The van der Waals surface area contributed by atoms with Crippen LogP contribution in [-0.4, -0.2) is 44.4 Å². The van der Waals surface area contributed by atoms with Crippen LogP contribution in [0.5, 0.6) is 0 Å². The number of hydrogen-bond acceptors (Lipinski definition) is 7. The summed E-state index contributed by atoms with van der Waals surface area (Å²) < 4.78 is 8.24. The molecule has 0 atom stereocenters. The first-order chi connectivity index (χ1) is 19.1. The molecular weight excluding hydrogens is 512 g/mol. The number of aryl methyl sites for hydroxylation is 1. The first-order valence-electron chi connectivity index (χ1n) is 12.8. The highest BCUT2D eigenvalue weighted by Crippen LogP contribution is 2.21. The average molecular weight is 545 g/mol. The lowest BCUT2D eigenvalue weighted by molar-refractivity contribution is -0.121. The summed E-state index contributed by atoms with van der Waals surface area (Å²) in [5.74, 6) is -1.60. The van der Waals surface area contributed by atoms with Crippen molar-refractivity contribution >= 4 is 23.4 Å². The summed E-state index contributed by atoms with van der Waals surface area (Å²) in [6.07, 6.45) is 0. The smallest absolute Gasteiger partial charge is 0.342 e. The fourth-order valence-electron chi connectivity index (χ4n) is 4.48. The van der Waals surface area contributed by atoms with Crippen molar-refractivity contribution in [1.82, 2.24) is 19.3 Å². The standard InChI is InChI=1S/C29H32N6O5/c1-18(2)15-33(25-26(30)34(29(39)31-27(25)37)16-21-11-7-5-8-12-21)23(36)17-40-28(38)24-19(3)32-35(20(24)4)22-13-9-6-10-14-22/h5-14,18H,15-17,30H2,1-4H3,(H,31,37,39). The van der Waals surface area contributed by atoms with E-state index in [9.17, 15) is 19.2 Å². The van der Waals surface area contributed by atoms with Gasteiger partial charge >= 0.3 is 11.7 Å². The lowest BCUT2D eigenvalue weighted by Gasteiger charge is -2.26. The number of esters is 1. The number of H-pyrrole nitrogens is 1. The van der Waals surface area contributed by atoms with Crippen LogP contribution in [0.4, 0.5) is 11.5 Å². The van der Waals surface area contributed by atoms with Crippen molar-refractivity contribution in [2.45, 2.75) is 34.2 Å². The number of nitrogens with one attached hydrogen (secondary N) is 1. The highest BCUT2D eigenvalue weighted by atomic mass is 16.5. The quantitative estimate of drug-likeness (QED) is 0.308. The molecule has 0 bridgehead atoms. The van der Waals surface area contributed by atoms with E-state index in [0.29, 0.717) is 11.4 Å². The number of anilines is 2. The van der Waals surface area contributed by atoms with Crippen molar-refractivity contribution in [1.29, 1.82) is 0 Å². The molecule has 0 aliphatic rings. The molecule has 4 rings (SSSR count). The molecule has 3 N–H and O–H groups in total. The zero-order valence-electron chi connectivity index (χ0n) is 22.9. The Morgan fingerprint density at radius 2 is 1.65 bits per heavy atom. The Morgan fingerprint density at radius 1 is 1.02 bits per heavy atom. The first kappa shape index (κ1) is 28.1. The van der Waals surface area contributed by atoms with E-state index in [2.05, 4.69) is 10.1 Å². The lowest BCUT2D eigenvalue weighted by Crippen LogP contribution is -2.44. The third-order valence-electron chi connectivity index (χ3n) is 6.34.